The molecule has 1 aromatic heterocycles. The molecule has 2 fully saturated rings. The lowest BCUT2D eigenvalue weighted by molar-refractivity contribution is -0.117. The summed E-state index contributed by atoms with van der Waals surface area (Å²) in [5, 5.41) is 7.12. The average molecular weight is 429 g/mol. The van der Waals surface area contributed by atoms with Gasteiger partial charge in [0.05, 0.1) is 5.56 Å². The molecule has 3 heterocycles. The van der Waals surface area contributed by atoms with Gasteiger partial charge in [-0.3, -0.25) is 14.5 Å². The lowest BCUT2D eigenvalue weighted by atomic mass is 9.98. The molecule has 164 valence electrons. The molecule has 0 atom stereocenters. The SMILES string of the molecule is O=C1NCc2c(NC(=O)C3CC3)ccc(-c3cc4cc(CN5CCCCC5)ccc4[nH]3)c21. The molecule has 0 radical (unpaired) electrons. The van der Waals surface area contributed by atoms with E-state index < -0.39 is 0 Å². The number of amides is 2. The predicted octanol–water partition coefficient (Wildman–Crippen LogP) is 4.41. The van der Waals surface area contributed by atoms with Crippen LogP contribution in [0, 0.1) is 5.92 Å². The Balaban J connectivity index is 1.32. The van der Waals surface area contributed by atoms with Crippen LogP contribution in [0.5, 0.6) is 0 Å². The van der Waals surface area contributed by atoms with E-state index >= 15 is 0 Å². The maximum atomic E-state index is 12.7. The van der Waals surface area contributed by atoms with Gasteiger partial charge in [0.15, 0.2) is 0 Å². The van der Waals surface area contributed by atoms with Crippen molar-refractivity contribution in [1.82, 2.24) is 15.2 Å². The summed E-state index contributed by atoms with van der Waals surface area (Å²) in [4.78, 5) is 31.0. The summed E-state index contributed by atoms with van der Waals surface area (Å²) in [5.41, 5.74) is 6.51. The van der Waals surface area contributed by atoms with Gasteiger partial charge in [-0.05, 0) is 74.7 Å². The number of carbonyl (C=O) groups excluding carboxylic acids is 2. The minimum Gasteiger partial charge on any atom is -0.355 e. The lowest BCUT2D eigenvalue weighted by Crippen LogP contribution is -2.28. The Kier molecular flexibility index (Phi) is 4.76. The van der Waals surface area contributed by atoms with Gasteiger partial charge in [0.1, 0.15) is 0 Å². The van der Waals surface area contributed by atoms with E-state index in [9.17, 15) is 9.59 Å². The smallest absolute Gasteiger partial charge is 0.252 e. The zero-order chi connectivity index (χ0) is 21.7. The van der Waals surface area contributed by atoms with Crippen LogP contribution in [0.25, 0.3) is 22.2 Å². The zero-order valence-electron chi connectivity index (χ0n) is 18.2. The summed E-state index contributed by atoms with van der Waals surface area (Å²) in [6.07, 6.45) is 5.84. The molecule has 0 unspecified atom stereocenters. The van der Waals surface area contributed by atoms with E-state index in [1.165, 1.54) is 37.9 Å². The fourth-order valence-corrected chi connectivity index (χ4v) is 5.07. The summed E-state index contributed by atoms with van der Waals surface area (Å²) in [5.74, 6) is 0.108. The maximum absolute atomic E-state index is 12.7. The highest BCUT2D eigenvalue weighted by molar-refractivity contribution is 6.08. The number of likely N-dealkylation sites (tertiary alicyclic amines) is 1. The number of aromatic nitrogens is 1. The largest absolute Gasteiger partial charge is 0.355 e. The van der Waals surface area contributed by atoms with E-state index in [0.29, 0.717) is 12.1 Å². The molecule has 2 amide bonds. The summed E-state index contributed by atoms with van der Waals surface area (Å²) >= 11 is 0. The quantitative estimate of drug-likeness (QED) is 0.563. The average Bonchev–Trinajstić information content (AvgIpc) is 3.47. The second kappa shape index (κ2) is 7.78. The number of rotatable bonds is 5. The monoisotopic (exact) mass is 428 g/mol. The van der Waals surface area contributed by atoms with Crippen molar-refractivity contribution >= 4 is 28.4 Å². The molecule has 0 spiro atoms. The first-order chi connectivity index (χ1) is 15.7. The van der Waals surface area contributed by atoms with Gasteiger partial charge in [-0.1, -0.05) is 12.5 Å². The Morgan fingerprint density at radius 2 is 1.91 bits per heavy atom. The lowest BCUT2D eigenvalue weighted by Gasteiger charge is -2.26. The molecular formula is C26H28N4O2. The summed E-state index contributed by atoms with van der Waals surface area (Å²) in [6, 6.07) is 12.6. The third kappa shape index (κ3) is 3.58. The van der Waals surface area contributed by atoms with Crippen molar-refractivity contribution in [3.63, 3.8) is 0 Å². The van der Waals surface area contributed by atoms with E-state index in [-0.39, 0.29) is 17.7 Å². The molecule has 3 aromatic rings. The van der Waals surface area contributed by atoms with Crippen molar-refractivity contribution in [2.75, 3.05) is 18.4 Å². The van der Waals surface area contributed by atoms with E-state index in [0.717, 1.165) is 52.8 Å². The second-order valence-electron chi connectivity index (χ2n) is 9.40. The van der Waals surface area contributed by atoms with Crippen LogP contribution in [-0.2, 0) is 17.9 Å². The Bertz CT molecular complexity index is 1220. The van der Waals surface area contributed by atoms with Crippen molar-refractivity contribution in [1.29, 1.82) is 0 Å². The number of benzene rings is 2. The number of fused-ring (bicyclic) bond motifs is 2. The Hall–Kier alpha value is -3.12. The van der Waals surface area contributed by atoms with Gasteiger partial charge in [0.25, 0.3) is 5.91 Å². The Morgan fingerprint density at radius 1 is 1.06 bits per heavy atom. The van der Waals surface area contributed by atoms with Crippen molar-refractivity contribution in [3.05, 3.63) is 53.1 Å². The maximum Gasteiger partial charge on any atom is 0.252 e. The first kappa shape index (κ1) is 19.6. The molecule has 0 bridgehead atoms. The minimum absolute atomic E-state index is 0.0612. The molecule has 6 nitrogen and oxygen atoms in total. The first-order valence-electron chi connectivity index (χ1n) is 11.7. The summed E-state index contributed by atoms with van der Waals surface area (Å²) < 4.78 is 0. The molecule has 1 saturated heterocycles. The first-order valence-corrected chi connectivity index (χ1v) is 11.7. The van der Waals surface area contributed by atoms with Gasteiger partial charge >= 0.3 is 0 Å². The zero-order valence-corrected chi connectivity index (χ0v) is 18.2. The van der Waals surface area contributed by atoms with Crippen LogP contribution >= 0.6 is 0 Å². The molecule has 2 aliphatic heterocycles. The number of carbonyl (C=O) groups is 2. The Labute approximate surface area is 187 Å². The van der Waals surface area contributed by atoms with E-state index in [2.05, 4.69) is 44.8 Å². The summed E-state index contributed by atoms with van der Waals surface area (Å²) in [6.45, 7) is 3.80. The molecular weight excluding hydrogens is 400 g/mol. The van der Waals surface area contributed by atoms with Crippen LogP contribution in [-0.4, -0.2) is 34.8 Å². The number of aromatic amines is 1. The van der Waals surface area contributed by atoms with Crippen LogP contribution in [0.2, 0.25) is 0 Å². The number of hydrogen-bond donors (Lipinski definition) is 3. The predicted molar refractivity (Wildman–Crippen MR) is 125 cm³/mol. The van der Waals surface area contributed by atoms with Crippen LogP contribution in [0.4, 0.5) is 5.69 Å². The van der Waals surface area contributed by atoms with Crippen LogP contribution in [0.15, 0.2) is 36.4 Å². The molecule has 3 N–H and O–H groups in total. The molecule has 3 aliphatic rings. The number of nitrogens with zero attached hydrogens (tertiary/aromatic N) is 1. The highest BCUT2D eigenvalue weighted by Crippen LogP contribution is 2.37. The number of nitrogens with one attached hydrogen (secondary N) is 3. The number of hydrogen-bond acceptors (Lipinski definition) is 3. The van der Waals surface area contributed by atoms with Crippen LogP contribution in [0.3, 0.4) is 0 Å². The second-order valence-corrected chi connectivity index (χ2v) is 9.40. The van der Waals surface area contributed by atoms with Crippen molar-refractivity contribution in [2.45, 2.75) is 45.2 Å². The molecule has 1 saturated carbocycles. The van der Waals surface area contributed by atoms with Gasteiger partial charge in [-0.15, -0.1) is 0 Å². The fourth-order valence-electron chi connectivity index (χ4n) is 5.07. The van der Waals surface area contributed by atoms with E-state index in [4.69, 9.17) is 0 Å². The van der Waals surface area contributed by atoms with Gasteiger partial charge in [-0.2, -0.15) is 0 Å². The topological polar surface area (TPSA) is 77.2 Å². The molecule has 32 heavy (non-hydrogen) atoms. The third-order valence-electron chi connectivity index (χ3n) is 7.00. The van der Waals surface area contributed by atoms with Crippen molar-refractivity contribution in [2.24, 2.45) is 5.92 Å². The highest BCUT2D eigenvalue weighted by atomic mass is 16.2. The standard InChI is InChI=1S/C26H28N4O2/c31-25(17-5-6-17)29-22-9-7-19(24-20(22)14-27-26(24)32)23-13-18-12-16(4-8-21(18)28-23)15-30-10-2-1-3-11-30/h4,7-9,12-13,17,28H,1-3,5-6,10-11,14-15H2,(H,27,32)(H,29,31). The van der Waals surface area contributed by atoms with Gasteiger partial charge < -0.3 is 15.6 Å². The number of anilines is 1. The van der Waals surface area contributed by atoms with Gasteiger partial charge in [-0.25, -0.2) is 0 Å². The van der Waals surface area contributed by atoms with Gasteiger partial charge in [0, 0.05) is 52.4 Å². The third-order valence-corrected chi connectivity index (χ3v) is 7.00. The number of piperidine rings is 1. The van der Waals surface area contributed by atoms with Crippen molar-refractivity contribution in [3.8, 4) is 11.3 Å². The van der Waals surface area contributed by atoms with Crippen molar-refractivity contribution < 1.29 is 9.59 Å². The van der Waals surface area contributed by atoms with Crippen LogP contribution in [0.1, 0.15) is 53.6 Å². The molecule has 2 aromatic carbocycles. The summed E-state index contributed by atoms with van der Waals surface area (Å²) in [7, 11) is 0. The highest BCUT2D eigenvalue weighted by Gasteiger charge is 2.32. The minimum atomic E-state index is -0.0815. The molecule has 6 heteroatoms. The Morgan fingerprint density at radius 3 is 2.72 bits per heavy atom. The molecule has 6 rings (SSSR count). The van der Waals surface area contributed by atoms with E-state index in [1.807, 2.05) is 12.1 Å². The molecule has 1 aliphatic carbocycles. The van der Waals surface area contributed by atoms with Crippen LogP contribution < -0.4 is 10.6 Å². The van der Waals surface area contributed by atoms with E-state index in [1.54, 1.807) is 0 Å². The number of H-pyrrole nitrogens is 1. The normalized spacial score (nSPS) is 18.6. The van der Waals surface area contributed by atoms with Gasteiger partial charge in [0.2, 0.25) is 5.91 Å². The fraction of sp³-hybridized carbons (Fsp3) is 0.385.